The SMILES string of the molecule is CCn1nc(Cc2ccc(OC(F)(F)F)cc2)cc1C1CCNCC1.Cl.Cl. The summed E-state index contributed by atoms with van der Waals surface area (Å²) >= 11 is 0. The highest BCUT2D eigenvalue weighted by molar-refractivity contribution is 5.85. The van der Waals surface area contributed by atoms with Gasteiger partial charge in [0.15, 0.2) is 0 Å². The third kappa shape index (κ3) is 6.59. The van der Waals surface area contributed by atoms with Crippen molar-refractivity contribution in [3.63, 3.8) is 0 Å². The van der Waals surface area contributed by atoms with Crippen molar-refractivity contribution >= 4 is 24.8 Å². The van der Waals surface area contributed by atoms with Gasteiger partial charge in [0.2, 0.25) is 0 Å². The van der Waals surface area contributed by atoms with Crippen LogP contribution >= 0.6 is 24.8 Å². The molecule has 0 atom stereocenters. The summed E-state index contributed by atoms with van der Waals surface area (Å²) in [4.78, 5) is 0. The minimum Gasteiger partial charge on any atom is -0.406 e. The fourth-order valence-corrected chi connectivity index (χ4v) is 3.29. The number of aromatic nitrogens is 2. The van der Waals surface area contributed by atoms with Crippen molar-refractivity contribution in [2.45, 2.75) is 45.0 Å². The first kappa shape index (κ1) is 23.6. The number of aryl methyl sites for hydroxylation is 1. The zero-order chi connectivity index (χ0) is 17.9. The van der Waals surface area contributed by atoms with Crippen LogP contribution < -0.4 is 10.1 Å². The van der Waals surface area contributed by atoms with Crippen LogP contribution in [-0.4, -0.2) is 29.2 Å². The van der Waals surface area contributed by atoms with E-state index in [-0.39, 0.29) is 30.6 Å². The quantitative estimate of drug-likeness (QED) is 0.753. The van der Waals surface area contributed by atoms with E-state index in [0.29, 0.717) is 12.3 Å². The van der Waals surface area contributed by atoms with Crippen molar-refractivity contribution in [1.29, 1.82) is 0 Å². The Bertz CT molecular complexity index is 699. The smallest absolute Gasteiger partial charge is 0.406 e. The maximum absolute atomic E-state index is 12.2. The Morgan fingerprint density at radius 3 is 2.33 bits per heavy atom. The van der Waals surface area contributed by atoms with Gasteiger partial charge in [0.25, 0.3) is 0 Å². The van der Waals surface area contributed by atoms with Crippen molar-refractivity contribution < 1.29 is 17.9 Å². The normalized spacial score (nSPS) is 15.0. The lowest BCUT2D eigenvalue weighted by Crippen LogP contribution is -2.27. The minimum atomic E-state index is -4.66. The molecule has 9 heteroatoms. The summed E-state index contributed by atoms with van der Waals surface area (Å²) in [7, 11) is 0. The van der Waals surface area contributed by atoms with Gasteiger partial charge in [-0.25, -0.2) is 0 Å². The average molecular weight is 426 g/mol. The van der Waals surface area contributed by atoms with Gasteiger partial charge in [0.1, 0.15) is 5.75 Å². The Morgan fingerprint density at radius 2 is 1.78 bits per heavy atom. The summed E-state index contributed by atoms with van der Waals surface area (Å²) in [5, 5.41) is 8.03. The van der Waals surface area contributed by atoms with Crippen LogP contribution in [0.4, 0.5) is 13.2 Å². The van der Waals surface area contributed by atoms with Gasteiger partial charge < -0.3 is 10.1 Å². The predicted molar refractivity (Wildman–Crippen MR) is 103 cm³/mol. The first-order valence-corrected chi connectivity index (χ1v) is 8.56. The van der Waals surface area contributed by atoms with E-state index in [9.17, 15) is 13.2 Å². The van der Waals surface area contributed by atoms with Gasteiger partial charge in [-0.1, -0.05) is 12.1 Å². The fourth-order valence-electron chi connectivity index (χ4n) is 3.29. The Balaban J connectivity index is 0.00000182. The molecule has 1 aliphatic heterocycles. The van der Waals surface area contributed by atoms with Crippen LogP contribution in [0, 0.1) is 0 Å². The summed E-state index contributed by atoms with van der Waals surface area (Å²) in [6.45, 7) is 4.94. The highest BCUT2D eigenvalue weighted by atomic mass is 35.5. The van der Waals surface area contributed by atoms with E-state index in [1.807, 2.05) is 4.68 Å². The molecule has 0 saturated carbocycles. The molecule has 0 spiro atoms. The molecule has 1 N–H and O–H groups in total. The molecule has 27 heavy (non-hydrogen) atoms. The number of halogens is 5. The maximum Gasteiger partial charge on any atom is 0.573 e. The zero-order valence-electron chi connectivity index (χ0n) is 15.0. The summed E-state index contributed by atoms with van der Waals surface area (Å²) in [6.07, 6.45) is -1.86. The van der Waals surface area contributed by atoms with E-state index < -0.39 is 6.36 Å². The molecule has 2 heterocycles. The van der Waals surface area contributed by atoms with E-state index >= 15 is 0 Å². The minimum absolute atomic E-state index is 0. The molecule has 0 aliphatic carbocycles. The van der Waals surface area contributed by atoms with Gasteiger partial charge in [0.05, 0.1) is 5.69 Å². The lowest BCUT2D eigenvalue weighted by Gasteiger charge is -2.23. The molecule has 1 aliphatic rings. The second-order valence-corrected chi connectivity index (χ2v) is 6.27. The lowest BCUT2D eigenvalue weighted by atomic mass is 9.94. The zero-order valence-corrected chi connectivity index (χ0v) is 16.6. The van der Waals surface area contributed by atoms with E-state index in [4.69, 9.17) is 0 Å². The topological polar surface area (TPSA) is 39.1 Å². The van der Waals surface area contributed by atoms with E-state index in [1.54, 1.807) is 12.1 Å². The van der Waals surface area contributed by atoms with E-state index in [2.05, 4.69) is 28.1 Å². The van der Waals surface area contributed by atoms with Gasteiger partial charge in [0, 0.05) is 24.6 Å². The number of benzene rings is 1. The molecule has 0 unspecified atom stereocenters. The van der Waals surface area contributed by atoms with Crippen molar-refractivity contribution in [2.24, 2.45) is 0 Å². The summed E-state index contributed by atoms with van der Waals surface area (Å²) in [5.41, 5.74) is 3.11. The van der Waals surface area contributed by atoms with Crippen molar-refractivity contribution in [3.8, 4) is 5.75 Å². The van der Waals surface area contributed by atoms with Crippen molar-refractivity contribution in [3.05, 3.63) is 47.3 Å². The largest absolute Gasteiger partial charge is 0.573 e. The molecule has 2 aromatic rings. The van der Waals surface area contributed by atoms with Crippen LogP contribution in [0.5, 0.6) is 5.75 Å². The number of rotatable bonds is 5. The van der Waals surface area contributed by atoms with Gasteiger partial charge in [-0.05, 0) is 56.6 Å². The monoisotopic (exact) mass is 425 g/mol. The number of nitrogens with zero attached hydrogens (tertiary/aromatic N) is 2. The summed E-state index contributed by atoms with van der Waals surface area (Å²) < 4.78 is 42.6. The summed E-state index contributed by atoms with van der Waals surface area (Å²) in [5.74, 6) is 0.316. The molecule has 1 saturated heterocycles. The van der Waals surface area contributed by atoms with Crippen LogP contribution in [0.1, 0.15) is 42.6 Å². The van der Waals surface area contributed by atoms with Crippen LogP contribution in [-0.2, 0) is 13.0 Å². The predicted octanol–water partition coefficient (Wildman–Crippen LogP) is 4.70. The second kappa shape index (κ2) is 10.2. The van der Waals surface area contributed by atoms with Crippen LogP contribution in [0.15, 0.2) is 30.3 Å². The molecule has 152 valence electrons. The molecule has 0 amide bonds. The van der Waals surface area contributed by atoms with Crippen LogP contribution in [0.2, 0.25) is 0 Å². The summed E-state index contributed by atoms with van der Waals surface area (Å²) in [6, 6.07) is 8.12. The number of hydrogen-bond donors (Lipinski definition) is 1. The van der Waals surface area contributed by atoms with E-state index in [0.717, 1.165) is 43.7 Å². The standard InChI is InChI=1S/C18H22F3N3O.2ClH/c1-2-24-17(14-7-9-22-10-8-14)12-15(23-24)11-13-3-5-16(6-4-13)25-18(19,20)21;;/h3-6,12,14,22H,2,7-11H2,1H3;2*1H. The number of alkyl halides is 3. The Labute approximate surface area is 169 Å². The van der Waals surface area contributed by atoms with Crippen molar-refractivity contribution in [2.75, 3.05) is 13.1 Å². The number of nitrogens with one attached hydrogen (secondary N) is 1. The van der Waals surface area contributed by atoms with E-state index in [1.165, 1.54) is 17.8 Å². The molecule has 1 fully saturated rings. The number of ether oxygens (including phenoxy) is 1. The Kier molecular flexibility index (Phi) is 8.91. The second-order valence-electron chi connectivity index (χ2n) is 6.27. The first-order chi connectivity index (χ1) is 11.9. The molecule has 0 bridgehead atoms. The highest BCUT2D eigenvalue weighted by Gasteiger charge is 2.31. The molecule has 0 radical (unpaired) electrons. The maximum atomic E-state index is 12.2. The molecular weight excluding hydrogens is 402 g/mol. The van der Waals surface area contributed by atoms with Gasteiger partial charge in [-0.3, -0.25) is 4.68 Å². The molecular formula is C18H24Cl2F3N3O. The van der Waals surface area contributed by atoms with Crippen molar-refractivity contribution in [1.82, 2.24) is 15.1 Å². The van der Waals surface area contributed by atoms with Crippen LogP contribution in [0.25, 0.3) is 0 Å². The Morgan fingerprint density at radius 1 is 1.15 bits per heavy atom. The first-order valence-electron chi connectivity index (χ1n) is 8.56. The fraction of sp³-hybridized carbons (Fsp3) is 0.500. The highest BCUT2D eigenvalue weighted by Crippen LogP contribution is 2.27. The number of hydrogen-bond acceptors (Lipinski definition) is 3. The molecule has 1 aromatic carbocycles. The number of piperidine rings is 1. The third-order valence-electron chi connectivity index (χ3n) is 4.46. The van der Waals surface area contributed by atoms with Gasteiger partial charge >= 0.3 is 6.36 Å². The van der Waals surface area contributed by atoms with Gasteiger partial charge in [-0.2, -0.15) is 5.10 Å². The third-order valence-corrected chi connectivity index (χ3v) is 4.46. The van der Waals surface area contributed by atoms with Crippen LogP contribution in [0.3, 0.4) is 0 Å². The Hall–Kier alpha value is -1.44. The lowest BCUT2D eigenvalue weighted by molar-refractivity contribution is -0.274. The molecule has 1 aromatic heterocycles. The molecule has 3 rings (SSSR count). The average Bonchev–Trinajstić information content (AvgIpc) is 2.99. The molecule has 4 nitrogen and oxygen atoms in total. The van der Waals surface area contributed by atoms with Gasteiger partial charge in [-0.15, -0.1) is 38.0 Å².